The number of rotatable bonds is 3. The maximum Gasteiger partial charge on any atom is 0.224 e. The van der Waals surface area contributed by atoms with Crippen molar-refractivity contribution in [3.05, 3.63) is 0 Å². The lowest BCUT2D eigenvalue weighted by Crippen LogP contribution is -2.43. The number of ether oxygens (including phenoxy) is 1. The van der Waals surface area contributed by atoms with Crippen molar-refractivity contribution in [3.63, 3.8) is 0 Å². The zero-order valence-electron chi connectivity index (χ0n) is 10.2. The minimum absolute atomic E-state index is 0.291. The zero-order chi connectivity index (χ0) is 11.5. The Morgan fingerprint density at radius 2 is 2.00 bits per heavy atom. The summed E-state index contributed by atoms with van der Waals surface area (Å²) in [6, 6.07) is 1.21. The van der Waals surface area contributed by atoms with E-state index in [4.69, 9.17) is 4.74 Å². The van der Waals surface area contributed by atoms with Gasteiger partial charge in [-0.2, -0.15) is 0 Å². The molecule has 0 saturated carbocycles. The number of hydrogen-bond donors (Lipinski definition) is 1. The minimum atomic E-state index is 0.291. The van der Waals surface area contributed by atoms with E-state index < -0.39 is 0 Å². The van der Waals surface area contributed by atoms with Gasteiger partial charge < -0.3 is 15.0 Å². The van der Waals surface area contributed by atoms with Crippen molar-refractivity contribution >= 4 is 5.91 Å². The predicted octanol–water partition coefficient (Wildman–Crippen LogP) is 0.764. The molecule has 0 aromatic rings. The van der Waals surface area contributed by atoms with Crippen LogP contribution in [0.25, 0.3) is 0 Å². The molecule has 0 aliphatic carbocycles. The summed E-state index contributed by atoms with van der Waals surface area (Å²) in [5, 5.41) is 3.59. The van der Waals surface area contributed by atoms with Crippen LogP contribution in [-0.4, -0.2) is 48.7 Å². The lowest BCUT2D eigenvalue weighted by atomic mass is 10.1. The Kier molecular flexibility index (Phi) is 3.82. The van der Waals surface area contributed by atoms with Gasteiger partial charge in [0.15, 0.2) is 0 Å². The summed E-state index contributed by atoms with van der Waals surface area (Å²) in [4.78, 5) is 13.7. The van der Waals surface area contributed by atoms with Crippen molar-refractivity contribution in [2.75, 3.05) is 19.8 Å². The Hall–Kier alpha value is -0.610. The van der Waals surface area contributed by atoms with E-state index in [0.29, 0.717) is 30.5 Å². The third-order valence-electron chi connectivity index (χ3n) is 3.47. The highest BCUT2D eigenvalue weighted by Gasteiger charge is 2.32. The standard InChI is InChI=1S/C12H22N2O2/c1-9(2)14-8-11(7-12(14)15)13-10-3-5-16-6-4-10/h9-11,13H,3-8H2,1-2H3. The van der Waals surface area contributed by atoms with E-state index in [9.17, 15) is 4.79 Å². The molecule has 16 heavy (non-hydrogen) atoms. The van der Waals surface area contributed by atoms with Gasteiger partial charge in [-0.05, 0) is 26.7 Å². The smallest absolute Gasteiger partial charge is 0.224 e. The van der Waals surface area contributed by atoms with Crippen LogP contribution in [0.5, 0.6) is 0 Å². The molecule has 92 valence electrons. The van der Waals surface area contributed by atoms with E-state index in [1.165, 1.54) is 0 Å². The van der Waals surface area contributed by atoms with Crippen LogP contribution in [0.15, 0.2) is 0 Å². The molecule has 2 rings (SSSR count). The molecular formula is C12H22N2O2. The van der Waals surface area contributed by atoms with Crippen molar-refractivity contribution < 1.29 is 9.53 Å². The molecular weight excluding hydrogens is 204 g/mol. The Morgan fingerprint density at radius 1 is 1.31 bits per heavy atom. The number of amides is 1. The first kappa shape index (κ1) is 11.9. The highest BCUT2D eigenvalue weighted by atomic mass is 16.5. The van der Waals surface area contributed by atoms with E-state index >= 15 is 0 Å². The maximum atomic E-state index is 11.7. The molecule has 1 unspecified atom stereocenters. The van der Waals surface area contributed by atoms with Gasteiger partial charge in [0.05, 0.1) is 0 Å². The fourth-order valence-corrected chi connectivity index (χ4v) is 2.54. The van der Waals surface area contributed by atoms with Crippen LogP contribution in [0.1, 0.15) is 33.1 Å². The predicted molar refractivity (Wildman–Crippen MR) is 62.2 cm³/mol. The molecule has 0 radical (unpaired) electrons. The summed E-state index contributed by atoms with van der Waals surface area (Å²) in [6.07, 6.45) is 2.81. The second-order valence-corrected chi connectivity index (χ2v) is 5.09. The van der Waals surface area contributed by atoms with Crippen molar-refractivity contribution in [2.45, 2.75) is 51.2 Å². The Bertz CT molecular complexity index is 249. The van der Waals surface area contributed by atoms with Gasteiger partial charge in [-0.25, -0.2) is 0 Å². The SMILES string of the molecule is CC(C)N1CC(NC2CCOCC2)CC1=O. The average Bonchev–Trinajstić information content (AvgIpc) is 2.61. The lowest BCUT2D eigenvalue weighted by molar-refractivity contribution is -0.129. The first-order valence-electron chi connectivity index (χ1n) is 6.30. The quantitative estimate of drug-likeness (QED) is 0.772. The molecule has 1 amide bonds. The zero-order valence-corrected chi connectivity index (χ0v) is 10.2. The van der Waals surface area contributed by atoms with E-state index in [0.717, 1.165) is 32.6 Å². The van der Waals surface area contributed by atoms with Crippen LogP contribution in [0, 0.1) is 0 Å². The summed E-state index contributed by atoms with van der Waals surface area (Å²) in [7, 11) is 0. The van der Waals surface area contributed by atoms with Gasteiger partial charge in [0.2, 0.25) is 5.91 Å². The summed E-state index contributed by atoms with van der Waals surface area (Å²) in [5.41, 5.74) is 0. The molecule has 0 spiro atoms. The van der Waals surface area contributed by atoms with E-state index in [1.807, 2.05) is 4.90 Å². The molecule has 1 N–H and O–H groups in total. The first-order valence-corrected chi connectivity index (χ1v) is 6.30. The van der Waals surface area contributed by atoms with Crippen LogP contribution in [0.2, 0.25) is 0 Å². The normalized spacial score (nSPS) is 28.1. The van der Waals surface area contributed by atoms with Gasteiger partial charge in [-0.15, -0.1) is 0 Å². The Labute approximate surface area is 97.3 Å². The number of nitrogens with one attached hydrogen (secondary N) is 1. The molecule has 1 atom stereocenters. The minimum Gasteiger partial charge on any atom is -0.381 e. The maximum absolute atomic E-state index is 11.7. The fraction of sp³-hybridized carbons (Fsp3) is 0.917. The Balaban J connectivity index is 1.81. The van der Waals surface area contributed by atoms with E-state index in [2.05, 4.69) is 19.2 Å². The molecule has 2 fully saturated rings. The number of hydrogen-bond acceptors (Lipinski definition) is 3. The molecule has 4 heteroatoms. The topological polar surface area (TPSA) is 41.6 Å². The van der Waals surface area contributed by atoms with Gasteiger partial charge >= 0.3 is 0 Å². The van der Waals surface area contributed by atoms with Gasteiger partial charge in [0, 0.05) is 44.3 Å². The molecule has 4 nitrogen and oxygen atoms in total. The number of carbonyl (C=O) groups excluding carboxylic acids is 1. The van der Waals surface area contributed by atoms with E-state index in [-0.39, 0.29) is 0 Å². The molecule has 0 aromatic carbocycles. The van der Waals surface area contributed by atoms with Crippen molar-refractivity contribution in [1.29, 1.82) is 0 Å². The monoisotopic (exact) mass is 226 g/mol. The molecule has 2 aliphatic rings. The van der Waals surface area contributed by atoms with Crippen LogP contribution in [0.3, 0.4) is 0 Å². The number of carbonyl (C=O) groups is 1. The summed E-state index contributed by atoms with van der Waals surface area (Å²) < 4.78 is 5.33. The second kappa shape index (κ2) is 5.15. The molecule has 2 aliphatic heterocycles. The fourth-order valence-electron chi connectivity index (χ4n) is 2.54. The van der Waals surface area contributed by atoms with Gasteiger partial charge in [0.1, 0.15) is 0 Å². The van der Waals surface area contributed by atoms with Crippen molar-refractivity contribution in [2.24, 2.45) is 0 Å². The second-order valence-electron chi connectivity index (χ2n) is 5.09. The number of likely N-dealkylation sites (tertiary alicyclic amines) is 1. The van der Waals surface area contributed by atoms with Crippen LogP contribution in [0.4, 0.5) is 0 Å². The third-order valence-corrected chi connectivity index (χ3v) is 3.47. The van der Waals surface area contributed by atoms with Gasteiger partial charge in [-0.1, -0.05) is 0 Å². The largest absolute Gasteiger partial charge is 0.381 e. The number of nitrogens with zero attached hydrogens (tertiary/aromatic N) is 1. The summed E-state index contributed by atoms with van der Waals surface area (Å²) >= 11 is 0. The Morgan fingerprint density at radius 3 is 2.56 bits per heavy atom. The van der Waals surface area contributed by atoms with Crippen LogP contribution in [-0.2, 0) is 9.53 Å². The highest BCUT2D eigenvalue weighted by Crippen LogP contribution is 2.16. The van der Waals surface area contributed by atoms with Crippen LogP contribution < -0.4 is 5.32 Å². The van der Waals surface area contributed by atoms with Crippen molar-refractivity contribution in [1.82, 2.24) is 10.2 Å². The average molecular weight is 226 g/mol. The summed E-state index contributed by atoms with van der Waals surface area (Å²) in [5.74, 6) is 0.291. The van der Waals surface area contributed by atoms with Crippen LogP contribution >= 0.6 is 0 Å². The highest BCUT2D eigenvalue weighted by molar-refractivity contribution is 5.79. The van der Waals surface area contributed by atoms with Crippen molar-refractivity contribution in [3.8, 4) is 0 Å². The van der Waals surface area contributed by atoms with E-state index in [1.54, 1.807) is 0 Å². The lowest BCUT2D eigenvalue weighted by Gasteiger charge is -2.27. The molecule has 0 bridgehead atoms. The first-order chi connectivity index (χ1) is 7.66. The molecule has 0 aromatic heterocycles. The molecule has 2 saturated heterocycles. The van der Waals surface area contributed by atoms with Gasteiger partial charge in [-0.3, -0.25) is 4.79 Å². The van der Waals surface area contributed by atoms with Gasteiger partial charge in [0.25, 0.3) is 0 Å². The third kappa shape index (κ3) is 2.74. The molecule has 2 heterocycles. The summed E-state index contributed by atoms with van der Waals surface area (Å²) in [6.45, 7) is 6.73.